The Morgan fingerprint density at radius 3 is 2.45 bits per heavy atom. The molecule has 1 amide bonds. The Morgan fingerprint density at radius 1 is 1.23 bits per heavy atom. The molecule has 5 rings (SSSR count). The fourth-order valence-corrected chi connectivity index (χ4v) is 5.60. The van der Waals surface area contributed by atoms with E-state index in [0.29, 0.717) is 18.7 Å². The lowest BCUT2D eigenvalue weighted by atomic mass is 9.49. The lowest BCUT2D eigenvalue weighted by molar-refractivity contribution is -0.129. The fraction of sp³-hybridized carbons (Fsp3) is 0.706. The van der Waals surface area contributed by atoms with Crippen molar-refractivity contribution in [3.05, 3.63) is 28.4 Å². The molecule has 0 atom stereocenters. The van der Waals surface area contributed by atoms with E-state index in [2.05, 4.69) is 15.3 Å². The lowest BCUT2D eigenvalue weighted by Gasteiger charge is -2.56. The number of aromatic amines is 1. The number of amides is 1. The van der Waals surface area contributed by atoms with Gasteiger partial charge in [0.05, 0.1) is 18.6 Å². The van der Waals surface area contributed by atoms with E-state index >= 15 is 0 Å². The van der Waals surface area contributed by atoms with Gasteiger partial charge in [-0.05, 0) is 61.7 Å². The zero-order valence-electron chi connectivity index (χ0n) is 12.8. The van der Waals surface area contributed by atoms with Crippen molar-refractivity contribution in [2.45, 2.75) is 51.5 Å². The summed E-state index contributed by atoms with van der Waals surface area (Å²) in [4.78, 5) is 30.1. The molecule has 1 heterocycles. The summed E-state index contributed by atoms with van der Waals surface area (Å²) < 4.78 is 0. The van der Waals surface area contributed by atoms with Crippen molar-refractivity contribution in [2.75, 3.05) is 0 Å². The van der Waals surface area contributed by atoms with Crippen LogP contribution in [0.2, 0.25) is 0 Å². The van der Waals surface area contributed by atoms with Gasteiger partial charge in [0.25, 0.3) is 5.56 Å². The van der Waals surface area contributed by atoms with Gasteiger partial charge in [0.15, 0.2) is 0 Å². The third-order valence-electron chi connectivity index (χ3n) is 5.90. The van der Waals surface area contributed by atoms with Crippen LogP contribution in [-0.2, 0) is 11.3 Å². The van der Waals surface area contributed by atoms with E-state index in [9.17, 15) is 9.59 Å². The SMILES string of the molecule is O=C(CC12CC3CC(CC(C3)C1)C2)NCc1cc(=O)[nH]cn1. The van der Waals surface area contributed by atoms with Gasteiger partial charge in [0.2, 0.25) is 5.91 Å². The van der Waals surface area contributed by atoms with E-state index in [-0.39, 0.29) is 16.9 Å². The van der Waals surface area contributed by atoms with Crippen LogP contribution >= 0.6 is 0 Å². The summed E-state index contributed by atoms with van der Waals surface area (Å²) in [6.45, 7) is 0.342. The first-order chi connectivity index (χ1) is 10.6. The van der Waals surface area contributed by atoms with Gasteiger partial charge >= 0.3 is 0 Å². The second kappa shape index (κ2) is 5.21. The van der Waals surface area contributed by atoms with Crippen LogP contribution < -0.4 is 10.9 Å². The van der Waals surface area contributed by atoms with Crippen LogP contribution in [0.15, 0.2) is 17.2 Å². The van der Waals surface area contributed by atoms with Gasteiger partial charge in [-0.2, -0.15) is 0 Å². The summed E-state index contributed by atoms with van der Waals surface area (Å²) >= 11 is 0. The molecule has 4 aliphatic rings. The molecule has 4 aliphatic carbocycles. The molecule has 0 aliphatic heterocycles. The number of nitrogens with zero attached hydrogens (tertiary/aromatic N) is 1. The summed E-state index contributed by atoms with van der Waals surface area (Å²) in [5.41, 5.74) is 0.698. The van der Waals surface area contributed by atoms with Crippen molar-refractivity contribution in [3.8, 4) is 0 Å². The van der Waals surface area contributed by atoms with Crippen LogP contribution in [0, 0.1) is 23.2 Å². The quantitative estimate of drug-likeness (QED) is 0.893. The molecule has 4 fully saturated rings. The van der Waals surface area contributed by atoms with Crippen LogP contribution in [0.4, 0.5) is 0 Å². The second-order valence-electron chi connectivity index (χ2n) is 7.77. The maximum absolute atomic E-state index is 12.4. The highest BCUT2D eigenvalue weighted by Crippen LogP contribution is 2.61. The predicted octanol–water partition coefficient (Wildman–Crippen LogP) is 1.99. The molecule has 0 aromatic carbocycles. The Bertz CT molecular complexity index is 602. The Balaban J connectivity index is 1.37. The molecule has 4 bridgehead atoms. The molecule has 4 saturated carbocycles. The van der Waals surface area contributed by atoms with E-state index in [0.717, 1.165) is 17.8 Å². The van der Waals surface area contributed by atoms with Gasteiger partial charge in [-0.3, -0.25) is 9.59 Å². The molecular weight excluding hydrogens is 278 g/mol. The van der Waals surface area contributed by atoms with E-state index in [1.807, 2.05) is 0 Å². The van der Waals surface area contributed by atoms with Crippen LogP contribution in [0.1, 0.15) is 50.6 Å². The molecular formula is C17H23N3O2. The van der Waals surface area contributed by atoms with Crippen LogP contribution in [-0.4, -0.2) is 15.9 Å². The standard InChI is InChI=1S/C17H23N3O2/c21-15-4-14(19-10-20-15)9-18-16(22)8-17-5-11-1-12(6-17)3-13(2-11)7-17/h4,10-13H,1-3,5-9H2,(H,18,22)(H,19,20,21). The van der Waals surface area contributed by atoms with Gasteiger partial charge in [0, 0.05) is 12.5 Å². The Hall–Kier alpha value is -1.65. The topological polar surface area (TPSA) is 74.8 Å². The first-order valence-corrected chi connectivity index (χ1v) is 8.41. The zero-order chi connectivity index (χ0) is 15.2. The third kappa shape index (κ3) is 2.69. The van der Waals surface area contributed by atoms with Crippen molar-refractivity contribution in [1.29, 1.82) is 0 Å². The number of aromatic nitrogens is 2. The minimum absolute atomic E-state index is 0.115. The Labute approximate surface area is 129 Å². The minimum Gasteiger partial charge on any atom is -0.350 e. The van der Waals surface area contributed by atoms with Gasteiger partial charge < -0.3 is 10.3 Å². The van der Waals surface area contributed by atoms with Gasteiger partial charge in [-0.15, -0.1) is 0 Å². The normalized spacial score (nSPS) is 35.5. The van der Waals surface area contributed by atoms with E-state index in [4.69, 9.17) is 0 Å². The second-order valence-corrected chi connectivity index (χ2v) is 7.77. The number of H-pyrrole nitrogens is 1. The molecule has 1 aromatic heterocycles. The van der Waals surface area contributed by atoms with Gasteiger partial charge in [0.1, 0.15) is 0 Å². The Morgan fingerprint density at radius 2 is 1.86 bits per heavy atom. The first-order valence-electron chi connectivity index (χ1n) is 8.41. The van der Waals surface area contributed by atoms with Crippen molar-refractivity contribution < 1.29 is 4.79 Å². The van der Waals surface area contributed by atoms with Gasteiger partial charge in [-0.1, -0.05) is 0 Å². The minimum atomic E-state index is -0.180. The molecule has 5 nitrogen and oxygen atoms in total. The van der Waals surface area contributed by atoms with E-state index in [1.165, 1.54) is 50.9 Å². The third-order valence-corrected chi connectivity index (χ3v) is 5.90. The maximum Gasteiger partial charge on any atom is 0.250 e. The predicted molar refractivity (Wildman–Crippen MR) is 81.9 cm³/mol. The number of nitrogens with one attached hydrogen (secondary N) is 2. The van der Waals surface area contributed by atoms with Crippen LogP contribution in [0.25, 0.3) is 0 Å². The largest absolute Gasteiger partial charge is 0.350 e. The zero-order valence-corrected chi connectivity index (χ0v) is 12.8. The molecule has 0 radical (unpaired) electrons. The average molecular weight is 301 g/mol. The summed E-state index contributed by atoms with van der Waals surface area (Å²) in [5, 5.41) is 2.95. The van der Waals surface area contributed by atoms with E-state index in [1.54, 1.807) is 0 Å². The summed E-state index contributed by atoms with van der Waals surface area (Å²) in [7, 11) is 0. The summed E-state index contributed by atoms with van der Waals surface area (Å²) in [6.07, 6.45) is 9.97. The average Bonchev–Trinajstić information content (AvgIpc) is 2.43. The Kier molecular flexibility index (Phi) is 3.31. The highest BCUT2D eigenvalue weighted by atomic mass is 16.1. The first kappa shape index (κ1) is 14.0. The van der Waals surface area contributed by atoms with Crippen molar-refractivity contribution in [2.24, 2.45) is 23.2 Å². The van der Waals surface area contributed by atoms with Crippen LogP contribution in [0.3, 0.4) is 0 Å². The number of carbonyl (C=O) groups is 1. The maximum atomic E-state index is 12.4. The molecule has 0 saturated heterocycles. The van der Waals surface area contributed by atoms with Crippen molar-refractivity contribution in [3.63, 3.8) is 0 Å². The molecule has 22 heavy (non-hydrogen) atoms. The number of rotatable bonds is 4. The molecule has 0 unspecified atom stereocenters. The summed E-state index contributed by atoms with van der Waals surface area (Å²) in [6, 6.07) is 1.44. The highest BCUT2D eigenvalue weighted by Gasteiger charge is 2.51. The molecule has 118 valence electrons. The van der Waals surface area contributed by atoms with E-state index < -0.39 is 0 Å². The lowest BCUT2D eigenvalue weighted by Crippen LogP contribution is -2.48. The molecule has 2 N–H and O–H groups in total. The molecule has 0 spiro atoms. The molecule has 5 heteroatoms. The van der Waals surface area contributed by atoms with Gasteiger partial charge in [-0.25, -0.2) is 4.98 Å². The molecule has 1 aromatic rings. The number of hydrogen-bond donors (Lipinski definition) is 2. The smallest absolute Gasteiger partial charge is 0.250 e. The fourth-order valence-electron chi connectivity index (χ4n) is 5.60. The van der Waals surface area contributed by atoms with Crippen molar-refractivity contribution >= 4 is 5.91 Å². The van der Waals surface area contributed by atoms with Crippen molar-refractivity contribution in [1.82, 2.24) is 15.3 Å². The monoisotopic (exact) mass is 301 g/mol. The van der Waals surface area contributed by atoms with Crippen LogP contribution in [0.5, 0.6) is 0 Å². The highest BCUT2D eigenvalue weighted by molar-refractivity contribution is 5.76. The number of carbonyl (C=O) groups excluding carboxylic acids is 1. The summed E-state index contributed by atoms with van der Waals surface area (Å²) in [5.74, 6) is 2.72. The number of hydrogen-bond acceptors (Lipinski definition) is 3.